The van der Waals surface area contributed by atoms with Gasteiger partial charge in [-0.25, -0.2) is 9.59 Å². The third-order valence-electron chi connectivity index (χ3n) is 3.72. The van der Waals surface area contributed by atoms with E-state index in [0.717, 1.165) is 38.8 Å². The molecule has 1 saturated heterocycles. The van der Waals surface area contributed by atoms with Crippen LogP contribution in [0.4, 0.5) is 10.5 Å². The molecular formula is C17H23N3O3S. The number of unbranched alkanes of at least 4 members (excludes halogenated alkanes) is 1. The molecule has 130 valence electrons. The Labute approximate surface area is 147 Å². The van der Waals surface area contributed by atoms with Crippen molar-refractivity contribution in [2.45, 2.75) is 32.6 Å². The molecule has 0 unspecified atom stereocenters. The molecule has 1 aromatic carbocycles. The molecule has 0 aromatic heterocycles. The second-order valence-electron chi connectivity index (χ2n) is 5.65. The van der Waals surface area contributed by atoms with Gasteiger partial charge in [0.05, 0.1) is 12.2 Å². The predicted octanol–water partition coefficient (Wildman–Crippen LogP) is 3.15. The summed E-state index contributed by atoms with van der Waals surface area (Å²) >= 11 is 5.14. The molecule has 1 heterocycles. The molecule has 2 N–H and O–H groups in total. The van der Waals surface area contributed by atoms with Crippen LogP contribution >= 0.6 is 12.2 Å². The maximum Gasteiger partial charge on any atom is 0.338 e. The fourth-order valence-electron chi connectivity index (χ4n) is 2.34. The lowest BCUT2D eigenvalue weighted by Gasteiger charge is -2.17. The van der Waals surface area contributed by atoms with Crippen LogP contribution < -0.4 is 10.6 Å². The molecule has 1 aliphatic heterocycles. The number of nitrogens with one attached hydrogen (secondary N) is 2. The summed E-state index contributed by atoms with van der Waals surface area (Å²) < 4.78 is 5.15. The molecule has 24 heavy (non-hydrogen) atoms. The van der Waals surface area contributed by atoms with Gasteiger partial charge < -0.3 is 15.0 Å². The first kappa shape index (κ1) is 18.2. The molecule has 1 aliphatic rings. The lowest BCUT2D eigenvalue weighted by atomic mass is 10.2. The second kappa shape index (κ2) is 9.22. The molecule has 0 radical (unpaired) electrons. The molecule has 7 heteroatoms. The van der Waals surface area contributed by atoms with Crippen LogP contribution in [0.1, 0.15) is 43.0 Å². The minimum atomic E-state index is -0.333. The number of anilines is 1. The van der Waals surface area contributed by atoms with Crippen molar-refractivity contribution in [3.63, 3.8) is 0 Å². The van der Waals surface area contributed by atoms with Crippen LogP contribution in [0.25, 0.3) is 0 Å². The molecule has 6 nitrogen and oxygen atoms in total. The zero-order valence-electron chi connectivity index (χ0n) is 13.8. The lowest BCUT2D eigenvalue weighted by molar-refractivity contribution is 0.0500. The van der Waals surface area contributed by atoms with Gasteiger partial charge in [-0.05, 0) is 55.7 Å². The fourth-order valence-corrected chi connectivity index (χ4v) is 2.55. The first-order valence-corrected chi connectivity index (χ1v) is 8.65. The van der Waals surface area contributed by atoms with E-state index in [1.54, 1.807) is 29.2 Å². The van der Waals surface area contributed by atoms with Gasteiger partial charge in [-0.3, -0.25) is 5.32 Å². The Morgan fingerprint density at radius 2 is 1.88 bits per heavy atom. The van der Waals surface area contributed by atoms with Gasteiger partial charge in [0.25, 0.3) is 0 Å². The predicted molar refractivity (Wildman–Crippen MR) is 97.2 cm³/mol. The third kappa shape index (κ3) is 5.49. The number of carbonyl (C=O) groups excluding carboxylic acids is 2. The minimum absolute atomic E-state index is 0.180. The smallest absolute Gasteiger partial charge is 0.338 e. The van der Waals surface area contributed by atoms with Crippen molar-refractivity contribution >= 4 is 35.0 Å². The van der Waals surface area contributed by atoms with Crippen LogP contribution in [-0.2, 0) is 4.74 Å². The number of thiocarbonyl (C=S) groups is 1. The number of urea groups is 1. The van der Waals surface area contributed by atoms with E-state index in [-0.39, 0.29) is 17.1 Å². The first-order chi connectivity index (χ1) is 11.6. The topological polar surface area (TPSA) is 70.7 Å². The number of likely N-dealkylation sites (tertiary alicyclic amines) is 1. The van der Waals surface area contributed by atoms with Crippen LogP contribution in [0, 0.1) is 0 Å². The Morgan fingerprint density at radius 1 is 1.21 bits per heavy atom. The SMILES string of the molecule is CCCCOC(=O)c1ccc(NC(=S)NC(=O)N2CCCC2)cc1. The van der Waals surface area contributed by atoms with Crippen LogP contribution in [-0.4, -0.2) is 41.7 Å². The summed E-state index contributed by atoms with van der Waals surface area (Å²) in [5, 5.41) is 5.83. The molecule has 0 spiro atoms. The van der Waals surface area contributed by atoms with Gasteiger partial charge >= 0.3 is 12.0 Å². The van der Waals surface area contributed by atoms with Crippen molar-refractivity contribution in [3.8, 4) is 0 Å². The van der Waals surface area contributed by atoms with Gasteiger partial charge in [0.15, 0.2) is 5.11 Å². The molecule has 1 fully saturated rings. The Balaban J connectivity index is 1.81. The van der Waals surface area contributed by atoms with Crippen LogP contribution in [0.5, 0.6) is 0 Å². The highest BCUT2D eigenvalue weighted by atomic mass is 32.1. The number of amides is 2. The average molecular weight is 349 g/mol. The Morgan fingerprint density at radius 3 is 2.50 bits per heavy atom. The van der Waals surface area contributed by atoms with Crippen LogP contribution in [0.15, 0.2) is 24.3 Å². The van der Waals surface area contributed by atoms with Crippen molar-refractivity contribution in [2.24, 2.45) is 0 Å². The number of rotatable bonds is 5. The van der Waals surface area contributed by atoms with Crippen molar-refractivity contribution in [2.75, 3.05) is 25.0 Å². The van der Waals surface area contributed by atoms with Gasteiger partial charge in [-0.1, -0.05) is 13.3 Å². The Bertz CT molecular complexity index is 583. The number of hydrogen-bond acceptors (Lipinski definition) is 4. The summed E-state index contributed by atoms with van der Waals surface area (Å²) in [7, 11) is 0. The normalized spacial score (nSPS) is 13.5. The highest BCUT2D eigenvalue weighted by molar-refractivity contribution is 7.80. The van der Waals surface area contributed by atoms with Gasteiger partial charge in [0.2, 0.25) is 0 Å². The van der Waals surface area contributed by atoms with Gasteiger partial charge in [0, 0.05) is 18.8 Å². The van der Waals surface area contributed by atoms with Crippen LogP contribution in [0.2, 0.25) is 0 Å². The van der Waals surface area contributed by atoms with Gasteiger partial charge in [0.1, 0.15) is 0 Å². The van der Waals surface area contributed by atoms with Crippen molar-refractivity contribution in [1.82, 2.24) is 10.2 Å². The van der Waals surface area contributed by atoms with E-state index in [9.17, 15) is 9.59 Å². The van der Waals surface area contributed by atoms with E-state index in [4.69, 9.17) is 17.0 Å². The van der Waals surface area contributed by atoms with Crippen molar-refractivity contribution in [3.05, 3.63) is 29.8 Å². The molecule has 2 amide bonds. The second-order valence-corrected chi connectivity index (χ2v) is 6.05. The summed E-state index contributed by atoms with van der Waals surface area (Å²) in [5.74, 6) is -0.333. The van der Waals surface area contributed by atoms with Gasteiger partial charge in [-0.2, -0.15) is 0 Å². The highest BCUT2D eigenvalue weighted by Gasteiger charge is 2.18. The summed E-state index contributed by atoms with van der Waals surface area (Å²) in [6, 6.07) is 6.61. The average Bonchev–Trinajstić information content (AvgIpc) is 3.10. The Kier molecular flexibility index (Phi) is 6.99. The molecule has 0 bridgehead atoms. The lowest BCUT2D eigenvalue weighted by Crippen LogP contribution is -2.43. The zero-order chi connectivity index (χ0) is 17.4. The van der Waals surface area contributed by atoms with E-state index in [0.29, 0.717) is 17.9 Å². The zero-order valence-corrected chi connectivity index (χ0v) is 14.7. The first-order valence-electron chi connectivity index (χ1n) is 8.24. The quantitative estimate of drug-likeness (QED) is 0.485. The summed E-state index contributed by atoms with van der Waals surface area (Å²) in [6.45, 7) is 4.01. The maximum atomic E-state index is 11.9. The summed E-state index contributed by atoms with van der Waals surface area (Å²) in [6.07, 6.45) is 3.90. The maximum absolute atomic E-state index is 11.9. The number of ether oxygens (including phenoxy) is 1. The van der Waals surface area contributed by atoms with E-state index >= 15 is 0 Å². The minimum Gasteiger partial charge on any atom is -0.462 e. The molecule has 2 rings (SSSR count). The number of benzene rings is 1. The largest absolute Gasteiger partial charge is 0.462 e. The monoisotopic (exact) mass is 349 g/mol. The van der Waals surface area contributed by atoms with E-state index in [2.05, 4.69) is 10.6 Å². The third-order valence-corrected chi connectivity index (χ3v) is 3.93. The van der Waals surface area contributed by atoms with Crippen molar-refractivity contribution < 1.29 is 14.3 Å². The summed E-state index contributed by atoms with van der Waals surface area (Å²) in [5.41, 5.74) is 1.19. The summed E-state index contributed by atoms with van der Waals surface area (Å²) in [4.78, 5) is 25.5. The fraction of sp³-hybridized carbons (Fsp3) is 0.471. The molecular weight excluding hydrogens is 326 g/mol. The van der Waals surface area contributed by atoms with E-state index < -0.39 is 0 Å². The van der Waals surface area contributed by atoms with Gasteiger partial charge in [-0.15, -0.1) is 0 Å². The number of esters is 1. The van der Waals surface area contributed by atoms with Crippen molar-refractivity contribution in [1.29, 1.82) is 0 Å². The number of nitrogens with zero attached hydrogens (tertiary/aromatic N) is 1. The molecule has 0 atom stereocenters. The standard InChI is InChI=1S/C17H23N3O3S/c1-2-3-12-23-15(21)13-6-8-14(9-7-13)18-16(24)19-17(22)20-10-4-5-11-20/h6-9H,2-5,10-12H2,1H3,(H2,18,19,22,24). The molecule has 1 aromatic rings. The number of carbonyl (C=O) groups is 2. The molecule has 0 saturated carbocycles. The molecule has 0 aliphatic carbocycles. The van der Waals surface area contributed by atoms with E-state index in [1.165, 1.54) is 0 Å². The number of hydrogen-bond donors (Lipinski definition) is 2. The van der Waals surface area contributed by atoms with Crippen LogP contribution in [0.3, 0.4) is 0 Å². The Hall–Kier alpha value is -2.15. The highest BCUT2D eigenvalue weighted by Crippen LogP contribution is 2.11. The van der Waals surface area contributed by atoms with E-state index in [1.807, 2.05) is 6.92 Å².